The number of carbonyl (C=O) groups is 1. The third-order valence-corrected chi connectivity index (χ3v) is 5.17. The minimum Gasteiger partial charge on any atom is -0.460 e. The minimum atomic E-state index is -1.06. The van der Waals surface area contributed by atoms with Gasteiger partial charge >= 0.3 is 0 Å². The summed E-state index contributed by atoms with van der Waals surface area (Å²) in [5, 5.41) is 18.1. The van der Waals surface area contributed by atoms with Gasteiger partial charge in [-0.1, -0.05) is 0 Å². The van der Waals surface area contributed by atoms with Gasteiger partial charge in [0.15, 0.2) is 11.5 Å². The summed E-state index contributed by atoms with van der Waals surface area (Å²) in [6, 6.07) is 5.39. The summed E-state index contributed by atoms with van der Waals surface area (Å²) in [4.78, 5) is 16.8. The van der Waals surface area contributed by atoms with Crippen molar-refractivity contribution in [1.82, 2.24) is 20.0 Å². The Bertz CT molecular complexity index is 795. The van der Waals surface area contributed by atoms with E-state index in [4.69, 9.17) is 9.15 Å². The van der Waals surface area contributed by atoms with Crippen molar-refractivity contribution in [3.05, 3.63) is 29.7 Å². The number of H-pyrrole nitrogens is 1. The van der Waals surface area contributed by atoms with Gasteiger partial charge in [0.25, 0.3) is 5.91 Å². The smallest absolute Gasteiger partial charge is 0.274 e. The van der Waals surface area contributed by atoms with Gasteiger partial charge < -0.3 is 24.1 Å². The van der Waals surface area contributed by atoms with Crippen molar-refractivity contribution in [1.29, 1.82) is 0 Å². The molecular weight excluding hydrogens is 348 g/mol. The monoisotopic (exact) mass is 374 g/mol. The Hall–Kier alpha value is -2.16. The van der Waals surface area contributed by atoms with Crippen LogP contribution >= 0.6 is 0 Å². The second-order valence-electron chi connectivity index (χ2n) is 7.56. The van der Waals surface area contributed by atoms with E-state index in [0.29, 0.717) is 36.8 Å². The van der Waals surface area contributed by atoms with E-state index in [0.717, 1.165) is 31.7 Å². The number of carbonyl (C=O) groups excluding carboxylic acids is 1. The highest BCUT2D eigenvalue weighted by Gasteiger charge is 2.37. The van der Waals surface area contributed by atoms with Crippen LogP contribution in [0, 0.1) is 6.92 Å². The zero-order chi connectivity index (χ0) is 18.9. The first-order valence-corrected chi connectivity index (χ1v) is 9.46. The number of hydrogen-bond acceptors (Lipinski definition) is 6. The first-order valence-electron chi connectivity index (χ1n) is 9.46. The van der Waals surface area contributed by atoms with E-state index in [1.165, 1.54) is 0 Å². The van der Waals surface area contributed by atoms with Crippen molar-refractivity contribution >= 4 is 5.91 Å². The van der Waals surface area contributed by atoms with Crippen LogP contribution < -0.4 is 0 Å². The quantitative estimate of drug-likeness (QED) is 0.837. The Morgan fingerprint density at radius 2 is 2.15 bits per heavy atom. The van der Waals surface area contributed by atoms with Gasteiger partial charge in [-0.3, -0.25) is 9.89 Å². The summed E-state index contributed by atoms with van der Waals surface area (Å²) in [5.74, 6) is 1.22. The van der Waals surface area contributed by atoms with E-state index < -0.39 is 5.60 Å². The first-order chi connectivity index (χ1) is 13.0. The second-order valence-corrected chi connectivity index (χ2v) is 7.56. The Balaban J connectivity index is 1.47. The van der Waals surface area contributed by atoms with Gasteiger partial charge in [0.2, 0.25) is 0 Å². The molecule has 8 nitrogen and oxygen atoms in total. The van der Waals surface area contributed by atoms with Crippen LogP contribution in [0.1, 0.15) is 29.1 Å². The predicted molar refractivity (Wildman–Crippen MR) is 98.4 cm³/mol. The maximum absolute atomic E-state index is 13.0. The lowest BCUT2D eigenvalue weighted by atomic mass is 10.0. The molecule has 2 aliphatic heterocycles. The zero-order valence-corrected chi connectivity index (χ0v) is 15.6. The number of aromatic nitrogens is 2. The molecule has 2 N–H and O–H groups in total. The molecule has 0 unspecified atom stereocenters. The molecule has 2 fully saturated rings. The highest BCUT2D eigenvalue weighted by molar-refractivity contribution is 5.93. The fraction of sp³-hybridized carbons (Fsp3) is 0.579. The number of nitrogens with zero attached hydrogens (tertiary/aromatic N) is 3. The number of ether oxygens (including phenoxy) is 1. The molecule has 0 saturated carbocycles. The number of amides is 1. The topological polar surface area (TPSA) is 94.8 Å². The van der Waals surface area contributed by atoms with Crippen LogP contribution in [-0.4, -0.2) is 82.5 Å². The lowest BCUT2D eigenvalue weighted by Gasteiger charge is -2.33. The van der Waals surface area contributed by atoms with E-state index in [1.54, 1.807) is 11.0 Å². The van der Waals surface area contributed by atoms with Crippen molar-refractivity contribution in [3.63, 3.8) is 0 Å². The number of furan rings is 1. The lowest BCUT2D eigenvalue weighted by molar-refractivity contribution is -0.0524. The predicted octanol–water partition coefficient (Wildman–Crippen LogP) is 1.28. The molecule has 27 heavy (non-hydrogen) atoms. The van der Waals surface area contributed by atoms with Gasteiger partial charge in [-0.15, -0.1) is 0 Å². The number of hydrogen-bond donors (Lipinski definition) is 2. The van der Waals surface area contributed by atoms with Crippen molar-refractivity contribution in [2.24, 2.45) is 0 Å². The zero-order valence-electron chi connectivity index (χ0n) is 15.6. The van der Waals surface area contributed by atoms with Crippen LogP contribution in [0.3, 0.4) is 0 Å². The largest absolute Gasteiger partial charge is 0.460 e. The highest BCUT2D eigenvalue weighted by atomic mass is 16.5. The van der Waals surface area contributed by atoms with E-state index in [1.807, 2.05) is 19.1 Å². The molecule has 2 saturated heterocycles. The molecule has 2 aromatic heterocycles. The summed E-state index contributed by atoms with van der Waals surface area (Å²) in [7, 11) is 0. The number of aromatic amines is 1. The average molecular weight is 374 g/mol. The standard InChI is InChI=1S/C19H26N4O4/c1-14-4-5-17(27-14)15-10-16(21-20-15)18(24)23-8-9-26-13-19(25,12-23)11-22-6-2-3-7-22/h4-5,10,25H,2-3,6-9,11-13H2,1H3,(H,20,21)/t19-/m1/s1. The SMILES string of the molecule is Cc1ccc(-c2cc(C(=O)N3CCOC[C@@](O)(CN4CCCC4)C3)n[nH]2)o1. The van der Waals surface area contributed by atoms with Crippen molar-refractivity contribution in [3.8, 4) is 11.5 Å². The van der Waals surface area contributed by atoms with Crippen LogP contribution in [0.5, 0.6) is 0 Å². The summed E-state index contributed by atoms with van der Waals surface area (Å²) in [6.07, 6.45) is 2.31. The molecule has 4 rings (SSSR count). The third kappa shape index (κ3) is 4.07. The van der Waals surface area contributed by atoms with Gasteiger partial charge in [-0.25, -0.2) is 0 Å². The molecular formula is C19H26N4O4. The van der Waals surface area contributed by atoms with Gasteiger partial charge in [0.1, 0.15) is 17.1 Å². The van der Waals surface area contributed by atoms with Crippen LogP contribution in [0.25, 0.3) is 11.5 Å². The van der Waals surface area contributed by atoms with Crippen LogP contribution in [0.2, 0.25) is 0 Å². The van der Waals surface area contributed by atoms with Crippen LogP contribution in [0.15, 0.2) is 22.6 Å². The van der Waals surface area contributed by atoms with E-state index in [9.17, 15) is 9.90 Å². The highest BCUT2D eigenvalue weighted by Crippen LogP contribution is 2.22. The molecule has 0 radical (unpaired) electrons. The number of β-amino-alcohol motifs (C(OH)–C–C–N with tert-alkyl or cyclic N) is 1. The molecule has 146 valence electrons. The second kappa shape index (κ2) is 7.46. The van der Waals surface area contributed by atoms with E-state index in [-0.39, 0.29) is 19.1 Å². The van der Waals surface area contributed by atoms with Crippen LogP contribution in [0.4, 0.5) is 0 Å². The van der Waals surface area contributed by atoms with Gasteiger partial charge in [0.05, 0.1) is 19.8 Å². The number of nitrogens with one attached hydrogen (secondary N) is 1. The molecule has 2 aromatic rings. The Morgan fingerprint density at radius 3 is 2.89 bits per heavy atom. The maximum Gasteiger partial charge on any atom is 0.274 e. The maximum atomic E-state index is 13.0. The molecule has 4 heterocycles. The normalized spacial score (nSPS) is 24.3. The number of aryl methyl sites for hydroxylation is 1. The lowest BCUT2D eigenvalue weighted by Crippen LogP contribution is -2.53. The average Bonchev–Trinajstić information content (AvgIpc) is 3.37. The number of aliphatic hydroxyl groups is 1. The molecule has 0 bridgehead atoms. The Kier molecular flexibility index (Phi) is 5.03. The minimum absolute atomic E-state index is 0.217. The number of rotatable bonds is 4. The van der Waals surface area contributed by atoms with Gasteiger partial charge in [0, 0.05) is 19.2 Å². The van der Waals surface area contributed by atoms with Crippen molar-refractivity contribution in [2.75, 3.05) is 45.9 Å². The summed E-state index contributed by atoms with van der Waals surface area (Å²) in [6.45, 7) is 5.68. The number of likely N-dealkylation sites (tertiary alicyclic amines) is 1. The molecule has 1 atom stereocenters. The van der Waals surface area contributed by atoms with Crippen molar-refractivity contribution < 1.29 is 19.1 Å². The first kappa shape index (κ1) is 18.2. The van der Waals surface area contributed by atoms with Crippen molar-refractivity contribution in [2.45, 2.75) is 25.4 Å². The fourth-order valence-electron chi connectivity index (χ4n) is 3.84. The summed E-state index contributed by atoms with van der Waals surface area (Å²) >= 11 is 0. The molecule has 0 aromatic carbocycles. The summed E-state index contributed by atoms with van der Waals surface area (Å²) in [5.41, 5.74) is -0.0948. The summed E-state index contributed by atoms with van der Waals surface area (Å²) < 4.78 is 11.2. The molecule has 1 amide bonds. The van der Waals surface area contributed by atoms with E-state index >= 15 is 0 Å². The molecule has 8 heteroatoms. The Labute approximate surface area is 158 Å². The molecule has 2 aliphatic rings. The third-order valence-electron chi connectivity index (χ3n) is 5.17. The fourth-order valence-corrected chi connectivity index (χ4v) is 3.84. The molecule has 0 spiro atoms. The van der Waals surface area contributed by atoms with Gasteiger partial charge in [-0.05, 0) is 45.0 Å². The van der Waals surface area contributed by atoms with Gasteiger partial charge in [-0.2, -0.15) is 5.10 Å². The Morgan fingerprint density at radius 1 is 1.33 bits per heavy atom. The molecule has 0 aliphatic carbocycles. The van der Waals surface area contributed by atoms with Crippen LogP contribution in [-0.2, 0) is 4.74 Å². The van der Waals surface area contributed by atoms with E-state index in [2.05, 4.69) is 15.1 Å².